The van der Waals surface area contributed by atoms with E-state index in [4.69, 9.17) is 11.6 Å². The summed E-state index contributed by atoms with van der Waals surface area (Å²) >= 11 is 9.56. The molecular weight excluding hydrogens is 302 g/mol. The van der Waals surface area contributed by atoms with E-state index in [-0.39, 0.29) is 0 Å². The van der Waals surface area contributed by atoms with Crippen molar-refractivity contribution < 1.29 is 0 Å². The van der Waals surface area contributed by atoms with Crippen molar-refractivity contribution in [2.45, 2.75) is 13.5 Å². The monoisotopic (exact) mass is 313 g/mol. The lowest BCUT2D eigenvalue weighted by Crippen LogP contribution is -2.11. The molecule has 0 aliphatic heterocycles. The summed E-state index contributed by atoms with van der Waals surface area (Å²) in [6.07, 6.45) is 0. The molecule has 2 N–H and O–H groups in total. The molecule has 90 valence electrons. The maximum absolute atomic E-state index is 6.18. The van der Waals surface area contributed by atoms with E-state index in [9.17, 15) is 0 Å². The van der Waals surface area contributed by atoms with E-state index in [0.717, 1.165) is 34.5 Å². The van der Waals surface area contributed by atoms with E-state index in [1.807, 2.05) is 24.3 Å². The standard InChI is InChI=1S/C12H13BrClN3/c1-2-15-7-9-6-12(17-16-9)10-4-3-8(13)5-11(10)14/h3-6,15H,2,7H2,1H3,(H,16,17). The van der Waals surface area contributed by atoms with Crippen molar-refractivity contribution in [2.75, 3.05) is 6.54 Å². The van der Waals surface area contributed by atoms with Gasteiger partial charge in [0, 0.05) is 22.3 Å². The SMILES string of the molecule is CCNCc1cc(-c2ccc(Br)cc2Cl)n[nH]1. The number of nitrogens with zero attached hydrogens (tertiary/aromatic N) is 1. The first-order chi connectivity index (χ1) is 8.20. The Balaban J connectivity index is 2.24. The van der Waals surface area contributed by atoms with Crippen LogP contribution in [0.4, 0.5) is 0 Å². The lowest BCUT2D eigenvalue weighted by atomic mass is 10.1. The third-order valence-electron chi connectivity index (χ3n) is 2.40. The van der Waals surface area contributed by atoms with Crippen molar-refractivity contribution in [3.05, 3.63) is 39.5 Å². The Kier molecular flexibility index (Phi) is 4.20. The lowest BCUT2D eigenvalue weighted by Gasteiger charge is -2.00. The number of benzene rings is 1. The molecule has 0 saturated carbocycles. The van der Waals surface area contributed by atoms with Crippen molar-refractivity contribution in [2.24, 2.45) is 0 Å². The molecule has 1 aromatic heterocycles. The Bertz CT molecular complexity index is 510. The minimum Gasteiger partial charge on any atom is -0.311 e. The van der Waals surface area contributed by atoms with Gasteiger partial charge in [-0.05, 0) is 24.7 Å². The second kappa shape index (κ2) is 5.67. The molecule has 0 aliphatic carbocycles. The maximum atomic E-state index is 6.18. The van der Waals surface area contributed by atoms with Crippen LogP contribution in [-0.2, 0) is 6.54 Å². The minimum absolute atomic E-state index is 0.695. The first-order valence-corrected chi connectivity index (χ1v) is 6.58. The second-order valence-electron chi connectivity index (χ2n) is 3.68. The predicted molar refractivity (Wildman–Crippen MR) is 74.1 cm³/mol. The highest BCUT2D eigenvalue weighted by Gasteiger charge is 2.07. The molecule has 0 amide bonds. The predicted octanol–water partition coefficient (Wildman–Crippen LogP) is 3.60. The van der Waals surface area contributed by atoms with Gasteiger partial charge in [0.1, 0.15) is 0 Å². The molecule has 0 saturated heterocycles. The number of hydrogen-bond acceptors (Lipinski definition) is 2. The Labute approximate surface area is 114 Å². The Morgan fingerprint density at radius 2 is 2.24 bits per heavy atom. The molecule has 2 rings (SSSR count). The van der Waals surface area contributed by atoms with E-state index < -0.39 is 0 Å². The summed E-state index contributed by atoms with van der Waals surface area (Å²) in [5, 5.41) is 11.2. The van der Waals surface area contributed by atoms with Crippen LogP contribution >= 0.6 is 27.5 Å². The van der Waals surface area contributed by atoms with Crippen molar-refractivity contribution >= 4 is 27.5 Å². The van der Waals surface area contributed by atoms with Crippen LogP contribution in [-0.4, -0.2) is 16.7 Å². The molecule has 0 bridgehead atoms. The van der Waals surface area contributed by atoms with Crippen LogP contribution in [0.1, 0.15) is 12.6 Å². The molecule has 0 atom stereocenters. The molecule has 0 unspecified atom stereocenters. The van der Waals surface area contributed by atoms with E-state index in [1.54, 1.807) is 0 Å². The molecule has 0 aliphatic rings. The van der Waals surface area contributed by atoms with Crippen molar-refractivity contribution in [3.63, 3.8) is 0 Å². The molecule has 0 radical (unpaired) electrons. The molecule has 0 spiro atoms. The van der Waals surface area contributed by atoms with Gasteiger partial charge in [0.2, 0.25) is 0 Å². The van der Waals surface area contributed by atoms with E-state index in [0.29, 0.717) is 5.02 Å². The fourth-order valence-corrected chi connectivity index (χ4v) is 2.32. The second-order valence-corrected chi connectivity index (χ2v) is 5.01. The van der Waals surface area contributed by atoms with Gasteiger partial charge in [-0.3, -0.25) is 5.10 Å². The van der Waals surface area contributed by atoms with Gasteiger partial charge >= 0.3 is 0 Å². The highest BCUT2D eigenvalue weighted by molar-refractivity contribution is 9.10. The van der Waals surface area contributed by atoms with Gasteiger partial charge < -0.3 is 5.32 Å². The van der Waals surface area contributed by atoms with Gasteiger partial charge in [0.15, 0.2) is 0 Å². The molecule has 17 heavy (non-hydrogen) atoms. The number of halogens is 2. The average molecular weight is 315 g/mol. The minimum atomic E-state index is 0.695. The molecule has 1 heterocycles. The van der Waals surface area contributed by atoms with E-state index in [1.165, 1.54) is 0 Å². The topological polar surface area (TPSA) is 40.7 Å². The van der Waals surface area contributed by atoms with E-state index >= 15 is 0 Å². The number of H-pyrrole nitrogens is 1. The van der Waals surface area contributed by atoms with E-state index in [2.05, 4.69) is 38.4 Å². The molecule has 1 aromatic carbocycles. The summed E-state index contributed by atoms with van der Waals surface area (Å²) in [7, 11) is 0. The number of rotatable bonds is 4. The van der Waals surface area contributed by atoms with Crippen LogP contribution in [0.3, 0.4) is 0 Å². The van der Waals surface area contributed by atoms with Gasteiger partial charge in [0.25, 0.3) is 0 Å². The largest absolute Gasteiger partial charge is 0.311 e. The fraction of sp³-hybridized carbons (Fsp3) is 0.250. The van der Waals surface area contributed by atoms with Crippen LogP contribution in [0.15, 0.2) is 28.7 Å². The zero-order valence-electron chi connectivity index (χ0n) is 9.43. The van der Waals surface area contributed by atoms with Crippen LogP contribution in [0.2, 0.25) is 5.02 Å². The van der Waals surface area contributed by atoms with Gasteiger partial charge in [-0.15, -0.1) is 0 Å². The molecule has 5 heteroatoms. The Morgan fingerprint density at radius 3 is 2.94 bits per heavy atom. The summed E-state index contributed by atoms with van der Waals surface area (Å²) < 4.78 is 0.967. The summed E-state index contributed by atoms with van der Waals surface area (Å²) in [6, 6.07) is 7.80. The Morgan fingerprint density at radius 1 is 1.41 bits per heavy atom. The summed E-state index contributed by atoms with van der Waals surface area (Å²) in [6.45, 7) is 3.80. The van der Waals surface area contributed by atoms with Crippen LogP contribution < -0.4 is 5.32 Å². The van der Waals surface area contributed by atoms with Crippen LogP contribution in [0.25, 0.3) is 11.3 Å². The fourth-order valence-electron chi connectivity index (χ4n) is 1.55. The third kappa shape index (κ3) is 3.09. The molecule has 2 aromatic rings. The molecule has 3 nitrogen and oxygen atoms in total. The van der Waals surface area contributed by atoms with Crippen LogP contribution in [0.5, 0.6) is 0 Å². The highest BCUT2D eigenvalue weighted by atomic mass is 79.9. The smallest absolute Gasteiger partial charge is 0.0939 e. The van der Waals surface area contributed by atoms with Gasteiger partial charge in [-0.1, -0.05) is 40.5 Å². The van der Waals surface area contributed by atoms with Gasteiger partial charge in [-0.2, -0.15) is 5.10 Å². The lowest BCUT2D eigenvalue weighted by molar-refractivity contribution is 0.707. The Hall–Kier alpha value is -0.840. The molecule has 0 fully saturated rings. The van der Waals surface area contributed by atoms with Crippen molar-refractivity contribution in [1.82, 2.24) is 15.5 Å². The zero-order valence-corrected chi connectivity index (χ0v) is 11.8. The maximum Gasteiger partial charge on any atom is 0.0939 e. The first-order valence-electron chi connectivity index (χ1n) is 5.41. The summed E-state index contributed by atoms with van der Waals surface area (Å²) in [5.74, 6) is 0. The van der Waals surface area contributed by atoms with Gasteiger partial charge in [0.05, 0.1) is 10.7 Å². The van der Waals surface area contributed by atoms with Gasteiger partial charge in [-0.25, -0.2) is 0 Å². The zero-order chi connectivity index (χ0) is 12.3. The third-order valence-corrected chi connectivity index (χ3v) is 3.21. The first kappa shape index (κ1) is 12.6. The molecular formula is C12H13BrClN3. The number of nitrogens with one attached hydrogen (secondary N) is 2. The van der Waals surface area contributed by atoms with Crippen LogP contribution in [0, 0.1) is 0 Å². The summed E-state index contributed by atoms with van der Waals surface area (Å²) in [4.78, 5) is 0. The summed E-state index contributed by atoms with van der Waals surface area (Å²) in [5.41, 5.74) is 2.87. The normalized spacial score (nSPS) is 10.8. The highest BCUT2D eigenvalue weighted by Crippen LogP contribution is 2.29. The quantitative estimate of drug-likeness (QED) is 0.905. The van der Waals surface area contributed by atoms with Crippen molar-refractivity contribution in [1.29, 1.82) is 0 Å². The number of hydrogen-bond donors (Lipinski definition) is 2. The number of aromatic amines is 1. The number of aromatic nitrogens is 2. The average Bonchev–Trinajstić information content (AvgIpc) is 2.75. The van der Waals surface area contributed by atoms with Crippen molar-refractivity contribution in [3.8, 4) is 11.3 Å².